The number of hydrogen-bond donors (Lipinski definition) is 3. The van der Waals surface area contributed by atoms with E-state index in [1.54, 1.807) is 0 Å². The highest BCUT2D eigenvalue weighted by Gasteiger charge is 2.30. The first-order chi connectivity index (χ1) is 45.9. The van der Waals surface area contributed by atoms with E-state index < -0.39 is 97.5 Å². The minimum atomic E-state index is -4.96. The summed E-state index contributed by atoms with van der Waals surface area (Å²) in [6, 6.07) is 0. The van der Waals surface area contributed by atoms with Gasteiger partial charge in [0.25, 0.3) is 0 Å². The summed E-state index contributed by atoms with van der Waals surface area (Å²) in [6.45, 7) is 9.59. The van der Waals surface area contributed by atoms with E-state index in [4.69, 9.17) is 37.0 Å². The van der Waals surface area contributed by atoms with Crippen LogP contribution in [0.5, 0.6) is 0 Å². The lowest BCUT2D eigenvalue weighted by Crippen LogP contribution is -2.30. The van der Waals surface area contributed by atoms with Crippen molar-refractivity contribution in [2.24, 2.45) is 11.8 Å². The molecule has 564 valence electrons. The number of aliphatic hydroxyl groups excluding tert-OH is 1. The van der Waals surface area contributed by atoms with Crippen LogP contribution in [0.1, 0.15) is 395 Å². The summed E-state index contributed by atoms with van der Waals surface area (Å²) in [5.41, 5.74) is 0. The molecule has 2 unspecified atom stereocenters. The predicted molar refractivity (Wildman–Crippen MR) is 386 cm³/mol. The van der Waals surface area contributed by atoms with Gasteiger partial charge in [-0.05, 0) is 37.5 Å². The van der Waals surface area contributed by atoms with Crippen LogP contribution in [0, 0.1) is 11.8 Å². The molecule has 0 aromatic rings. The molecule has 0 aliphatic rings. The fourth-order valence-corrected chi connectivity index (χ4v) is 13.2. The maximum atomic E-state index is 13.1. The fourth-order valence-electron chi connectivity index (χ4n) is 11.7. The van der Waals surface area contributed by atoms with Gasteiger partial charge in [0.2, 0.25) is 0 Å². The monoisotopic (exact) mass is 1400 g/mol. The van der Waals surface area contributed by atoms with Crippen molar-refractivity contribution in [3.05, 3.63) is 0 Å². The third-order valence-corrected chi connectivity index (χ3v) is 19.6. The van der Waals surface area contributed by atoms with Crippen molar-refractivity contribution in [1.29, 1.82) is 0 Å². The van der Waals surface area contributed by atoms with Crippen LogP contribution in [0.2, 0.25) is 0 Å². The average molecular weight is 1400 g/mol. The van der Waals surface area contributed by atoms with Gasteiger partial charge in [-0.25, -0.2) is 9.13 Å². The van der Waals surface area contributed by atoms with Gasteiger partial charge in [0, 0.05) is 25.7 Å². The zero-order valence-corrected chi connectivity index (χ0v) is 63.8. The highest BCUT2D eigenvalue weighted by Crippen LogP contribution is 2.45. The Hall–Kier alpha value is -1.94. The highest BCUT2D eigenvalue weighted by molar-refractivity contribution is 7.47. The van der Waals surface area contributed by atoms with E-state index in [9.17, 15) is 43.2 Å². The largest absolute Gasteiger partial charge is 0.472 e. The molecule has 0 bridgehead atoms. The first-order valence-corrected chi connectivity index (χ1v) is 42.5. The number of esters is 4. The van der Waals surface area contributed by atoms with E-state index in [-0.39, 0.29) is 25.7 Å². The van der Waals surface area contributed by atoms with Gasteiger partial charge < -0.3 is 33.8 Å². The summed E-state index contributed by atoms with van der Waals surface area (Å²) in [5.74, 6) is -0.584. The molecule has 19 heteroatoms. The number of carbonyl (C=O) groups excluding carboxylic acids is 4. The number of phosphoric acid groups is 2. The van der Waals surface area contributed by atoms with Gasteiger partial charge in [-0.3, -0.25) is 37.3 Å². The van der Waals surface area contributed by atoms with E-state index in [2.05, 4.69) is 41.5 Å². The third kappa shape index (κ3) is 70.3. The molecule has 0 aliphatic carbocycles. The summed E-state index contributed by atoms with van der Waals surface area (Å²) in [6.07, 6.45) is 55.4. The topological polar surface area (TPSA) is 237 Å². The second-order valence-corrected chi connectivity index (χ2v) is 31.3. The molecule has 5 atom stereocenters. The van der Waals surface area contributed by atoms with E-state index >= 15 is 0 Å². The molecular weight excluding hydrogens is 1250 g/mol. The summed E-state index contributed by atoms with van der Waals surface area (Å²) < 4.78 is 68.5. The third-order valence-electron chi connectivity index (χ3n) is 17.7. The van der Waals surface area contributed by atoms with E-state index in [1.807, 2.05) is 0 Å². The standard InChI is InChI=1S/C76H148O17P2/c1-7-9-11-13-15-17-19-24-29-33-40-46-52-58-73(78)86-64-71(92-76(81)61-55-49-43-35-31-27-23-21-22-26-28-32-38-44-50-56-68(3)4)66-90-94(82,83)88-62-70(77)63-89-95(84,85)91-67-72(65-87-74(79)59-53-47-41-37-36-39-45-51-57-69(5)6)93-75(80)60-54-48-42-34-30-25-20-18-16-14-12-10-8-2/h68-72,77H,7-67H2,1-6H3,(H,82,83)(H,84,85)/t70-,71-,72-/m1/s1. The van der Waals surface area contributed by atoms with Crippen molar-refractivity contribution in [3.63, 3.8) is 0 Å². The fraction of sp³-hybridized carbons (Fsp3) is 0.947. The van der Waals surface area contributed by atoms with Gasteiger partial charge in [-0.2, -0.15) is 0 Å². The van der Waals surface area contributed by atoms with Crippen molar-refractivity contribution in [2.75, 3.05) is 39.6 Å². The van der Waals surface area contributed by atoms with Crippen molar-refractivity contribution in [1.82, 2.24) is 0 Å². The number of ether oxygens (including phenoxy) is 4. The number of phosphoric ester groups is 2. The van der Waals surface area contributed by atoms with Gasteiger partial charge in [-0.15, -0.1) is 0 Å². The molecule has 0 aromatic heterocycles. The maximum Gasteiger partial charge on any atom is 0.472 e. The molecule has 95 heavy (non-hydrogen) atoms. The Morgan fingerprint density at radius 2 is 0.484 bits per heavy atom. The number of carbonyl (C=O) groups is 4. The first kappa shape index (κ1) is 93.1. The molecule has 0 saturated heterocycles. The molecule has 0 aliphatic heterocycles. The van der Waals surface area contributed by atoms with Crippen LogP contribution in [0.4, 0.5) is 0 Å². The van der Waals surface area contributed by atoms with Crippen LogP contribution in [-0.4, -0.2) is 96.7 Å². The Morgan fingerprint density at radius 1 is 0.284 bits per heavy atom. The lowest BCUT2D eigenvalue weighted by atomic mass is 10.0. The Morgan fingerprint density at radius 3 is 0.716 bits per heavy atom. The molecule has 0 fully saturated rings. The van der Waals surface area contributed by atoms with Gasteiger partial charge in [0.1, 0.15) is 19.3 Å². The molecular formula is C76H148O17P2. The lowest BCUT2D eigenvalue weighted by Gasteiger charge is -2.21. The summed E-state index contributed by atoms with van der Waals surface area (Å²) in [7, 11) is -9.91. The zero-order valence-electron chi connectivity index (χ0n) is 62.0. The van der Waals surface area contributed by atoms with Crippen LogP contribution < -0.4 is 0 Å². The average Bonchev–Trinajstić information content (AvgIpc) is 1.87. The Bertz CT molecular complexity index is 1840. The molecule has 17 nitrogen and oxygen atoms in total. The zero-order chi connectivity index (χ0) is 70.0. The van der Waals surface area contributed by atoms with E-state index in [0.717, 1.165) is 102 Å². The lowest BCUT2D eigenvalue weighted by molar-refractivity contribution is -0.161. The Kier molecular flexibility index (Phi) is 66.5. The smallest absolute Gasteiger partial charge is 0.462 e. The van der Waals surface area contributed by atoms with Crippen LogP contribution >= 0.6 is 15.6 Å². The second kappa shape index (κ2) is 67.9. The first-order valence-electron chi connectivity index (χ1n) is 39.5. The quantitative estimate of drug-likeness (QED) is 0.0222. The molecule has 3 N–H and O–H groups in total. The van der Waals surface area contributed by atoms with Crippen molar-refractivity contribution < 1.29 is 80.2 Å². The van der Waals surface area contributed by atoms with E-state index in [1.165, 1.54) is 212 Å². The van der Waals surface area contributed by atoms with Crippen LogP contribution in [0.15, 0.2) is 0 Å². The maximum absolute atomic E-state index is 13.1. The second-order valence-electron chi connectivity index (χ2n) is 28.3. The van der Waals surface area contributed by atoms with Gasteiger partial charge in [0.15, 0.2) is 12.2 Å². The summed E-state index contributed by atoms with van der Waals surface area (Å²) in [4.78, 5) is 72.8. The predicted octanol–water partition coefficient (Wildman–Crippen LogP) is 22.3. The van der Waals surface area contributed by atoms with Crippen molar-refractivity contribution in [3.8, 4) is 0 Å². The van der Waals surface area contributed by atoms with Gasteiger partial charge in [0.05, 0.1) is 26.4 Å². The number of hydrogen-bond acceptors (Lipinski definition) is 15. The SMILES string of the molecule is CCCCCCCCCCCCCCCC(=O)OC[C@H](COP(=O)(O)OC[C@@H](O)COP(=O)(O)OC[C@@H](COC(=O)CCCCCCCCCCC(C)C)OC(=O)CCCCCCCCCCCCCCC)OC(=O)CCCCCCCCCCCCCCCCCC(C)C. The molecule has 0 spiro atoms. The number of aliphatic hydroxyl groups is 1. The summed E-state index contributed by atoms with van der Waals surface area (Å²) >= 11 is 0. The Balaban J connectivity index is 5.24. The molecule has 0 amide bonds. The molecule has 0 saturated carbocycles. The molecule has 0 rings (SSSR count). The van der Waals surface area contributed by atoms with Gasteiger partial charge >= 0.3 is 39.5 Å². The minimum absolute atomic E-state index is 0.107. The van der Waals surface area contributed by atoms with Crippen molar-refractivity contribution in [2.45, 2.75) is 413 Å². The van der Waals surface area contributed by atoms with Crippen LogP contribution in [0.3, 0.4) is 0 Å². The highest BCUT2D eigenvalue weighted by atomic mass is 31.2. The molecule has 0 radical (unpaired) electrons. The molecule has 0 heterocycles. The van der Waals surface area contributed by atoms with Gasteiger partial charge in [-0.1, -0.05) is 343 Å². The van der Waals surface area contributed by atoms with Crippen LogP contribution in [0.25, 0.3) is 0 Å². The summed E-state index contributed by atoms with van der Waals surface area (Å²) in [5, 5.41) is 10.6. The number of unbranched alkanes of at least 4 members (excludes halogenated alkanes) is 45. The van der Waals surface area contributed by atoms with Crippen LogP contribution in [-0.2, 0) is 65.4 Å². The Labute approximate surface area is 581 Å². The van der Waals surface area contributed by atoms with Crippen molar-refractivity contribution >= 4 is 39.5 Å². The normalized spacial score (nSPS) is 14.0. The minimum Gasteiger partial charge on any atom is -0.462 e. The molecule has 0 aromatic carbocycles. The van der Waals surface area contributed by atoms with E-state index in [0.29, 0.717) is 25.7 Å². The number of rotatable bonds is 75.